The van der Waals surface area contributed by atoms with Gasteiger partial charge >= 0.3 is 5.97 Å². The lowest BCUT2D eigenvalue weighted by Crippen LogP contribution is -2.34. The number of nitrogens with zero attached hydrogens (tertiary/aromatic N) is 1. The first-order chi connectivity index (χ1) is 11.8. The highest BCUT2D eigenvalue weighted by Crippen LogP contribution is 2.18. The van der Waals surface area contributed by atoms with Crippen molar-refractivity contribution < 1.29 is 19.8 Å². The molecule has 0 aromatic heterocycles. The van der Waals surface area contributed by atoms with Crippen molar-refractivity contribution in [2.45, 2.75) is 26.9 Å². The van der Waals surface area contributed by atoms with E-state index >= 15 is 0 Å². The van der Waals surface area contributed by atoms with Crippen molar-refractivity contribution >= 4 is 11.9 Å². The number of carbonyl (C=O) groups excluding carboxylic acids is 1. The molecule has 0 heterocycles. The molecule has 0 radical (unpaired) electrons. The molecular weight excluding hydrogens is 318 g/mol. The SMILES string of the molecule is CCN(CC(O)c1ccc(C)cc1)C(=O)c1cc(C)cc(C(=O)O)c1. The second kappa shape index (κ2) is 7.94. The first-order valence-electron chi connectivity index (χ1n) is 8.20. The van der Waals surface area contributed by atoms with Crippen molar-refractivity contribution in [1.29, 1.82) is 0 Å². The summed E-state index contributed by atoms with van der Waals surface area (Å²) in [6.45, 7) is 6.11. The number of aryl methyl sites for hydroxylation is 2. The Hall–Kier alpha value is -2.66. The largest absolute Gasteiger partial charge is 0.478 e. The summed E-state index contributed by atoms with van der Waals surface area (Å²) >= 11 is 0. The lowest BCUT2D eigenvalue weighted by Gasteiger charge is -2.24. The summed E-state index contributed by atoms with van der Waals surface area (Å²) in [7, 11) is 0. The Labute approximate surface area is 147 Å². The van der Waals surface area contributed by atoms with Gasteiger partial charge < -0.3 is 15.1 Å². The molecule has 2 rings (SSSR count). The minimum Gasteiger partial charge on any atom is -0.478 e. The van der Waals surface area contributed by atoms with Crippen LogP contribution in [0.1, 0.15) is 50.4 Å². The number of rotatable bonds is 6. The maximum absolute atomic E-state index is 12.7. The van der Waals surface area contributed by atoms with Gasteiger partial charge in [-0.25, -0.2) is 4.79 Å². The van der Waals surface area contributed by atoms with E-state index in [1.807, 2.05) is 38.1 Å². The molecule has 0 aliphatic carbocycles. The summed E-state index contributed by atoms with van der Waals surface area (Å²) in [6, 6.07) is 12.1. The van der Waals surface area contributed by atoms with Gasteiger partial charge in [0, 0.05) is 12.1 Å². The van der Waals surface area contributed by atoms with E-state index in [2.05, 4.69) is 0 Å². The second-order valence-electron chi connectivity index (χ2n) is 6.16. The van der Waals surface area contributed by atoms with Crippen LogP contribution in [0.15, 0.2) is 42.5 Å². The molecule has 0 saturated heterocycles. The fraction of sp³-hybridized carbons (Fsp3) is 0.300. The first kappa shape index (κ1) is 18.7. The third-order valence-electron chi connectivity index (χ3n) is 4.10. The van der Waals surface area contributed by atoms with Gasteiger partial charge in [0.25, 0.3) is 5.91 Å². The van der Waals surface area contributed by atoms with E-state index in [9.17, 15) is 14.7 Å². The molecule has 2 aromatic carbocycles. The van der Waals surface area contributed by atoms with Crippen LogP contribution in [0, 0.1) is 13.8 Å². The molecule has 0 aliphatic heterocycles. The number of carboxylic acids is 1. The quantitative estimate of drug-likeness (QED) is 0.846. The standard InChI is InChI=1S/C20H23NO4/c1-4-21(12-18(22)15-7-5-13(2)6-8-15)19(23)16-9-14(3)10-17(11-16)20(24)25/h5-11,18,22H,4,12H2,1-3H3,(H,24,25). The fourth-order valence-corrected chi connectivity index (χ4v) is 2.67. The fourth-order valence-electron chi connectivity index (χ4n) is 2.67. The van der Waals surface area contributed by atoms with E-state index in [0.717, 1.165) is 11.1 Å². The van der Waals surface area contributed by atoms with Crippen LogP contribution in [0.3, 0.4) is 0 Å². The number of carbonyl (C=O) groups is 2. The van der Waals surface area contributed by atoms with Crippen molar-refractivity contribution in [2.75, 3.05) is 13.1 Å². The lowest BCUT2D eigenvalue weighted by atomic mass is 10.0. The van der Waals surface area contributed by atoms with Crippen LogP contribution >= 0.6 is 0 Å². The molecule has 0 aliphatic rings. The van der Waals surface area contributed by atoms with E-state index in [0.29, 0.717) is 17.7 Å². The summed E-state index contributed by atoms with van der Waals surface area (Å²) in [5.41, 5.74) is 2.94. The molecule has 1 atom stereocenters. The number of aliphatic hydroxyl groups excluding tert-OH is 1. The highest BCUT2D eigenvalue weighted by Gasteiger charge is 2.20. The summed E-state index contributed by atoms with van der Waals surface area (Å²) in [4.78, 5) is 25.5. The number of aliphatic hydroxyl groups is 1. The summed E-state index contributed by atoms with van der Waals surface area (Å²) in [5, 5.41) is 19.6. The summed E-state index contributed by atoms with van der Waals surface area (Å²) in [6.07, 6.45) is -0.798. The molecule has 0 bridgehead atoms. The Morgan fingerprint density at radius 3 is 2.16 bits per heavy atom. The molecule has 5 heteroatoms. The zero-order valence-corrected chi connectivity index (χ0v) is 14.7. The summed E-state index contributed by atoms with van der Waals surface area (Å²) < 4.78 is 0. The average Bonchev–Trinajstić information content (AvgIpc) is 2.58. The number of amides is 1. The van der Waals surface area contributed by atoms with Crippen LogP contribution in [-0.2, 0) is 0 Å². The number of aromatic carboxylic acids is 1. The van der Waals surface area contributed by atoms with Crippen LogP contribution in [-0.4, -0.2) is 40.1 Å². The molecule has 5 nitrogen and oxygen atoms in total. The highest BCUT2D eigenvalue weighted by molar-refractivity contribution is 5.97. The van der Waals surface area contributed by atoms with Crippen molar-refractivity contribution in [3.8, 4) is 0 Å². The number of likely N-dealkylation sites (N-methyl/N-ethyl adjacent to an activating group) is 1. The van der Waals surface area contributed by atoms with E-state index in [4.69, 9.17) is 5.11 Å². The van der Waals surface area contributed by atoms with E-state index < -0.39 is 12.1 Å². The number of hydrogen-bond donors (Lipinski definition) is 2. The Morgan fingerprint density at radius 1 is 1.00 bits per heavy atom. The second-order valence-corrected chi connectivity index (χ2v) is 6.16. The molecule has 132 valence electrons. The number of carboxylic acid groups (broad SMARTS) is 1. The van der Waals surface area contributed by atoms with Gasteiger partial charge in [0.2, 0.25) is 0 Å². The maximum Gasteiger partial charge on any atom is 0.335 e. The van der Waals surface area contributed by atoms with Crippen molar-refractivity contribution in [3.05, 3.63) is 70.3 Å². The number of hydrogen-bond acceptors (Lipinski definition) is 3. The predicted molar refractivity (Wildman–Crippen MR) is 95.9 cm³/mol. The molecule has 25 heavy (non-hydrogen) atoms. The topological polar surface area (TPSA) is 77.8 Å². The zero-order valence-electron chi connectivity index (χ0n) is 14.7. The minimum atomic E-state index is -1.07. The zero-order chi connectivity index (χ0) is 18.6. The van der Waals surface area contributed by atoms with E-state index in [1.165, 1.54) is 17.0 Å². The monoisotopic (exact) mass is 341 g/mol. The summed E-state index contributed by atoms with van der Waals surface area (Å²) in [5.74, 6) is -1.36. The lowest BCUT2D eigenvalue weighted by molar-refractivity contribution is 0.0634. The van der Waals surface area contributed by atoms with Gasteiger partial charge in [0.15, 0.2) is 0 Å². The van der Waals surface area contributed by atoms with Gasteiger partial charge in [-0.1, -0.05) is 29.8 Å². The van der Waals surface area contributed by atoms with Crippen LogP contribution in [0.4, 0.5) is 0 Å². The molecule has 1 amide bonds. The number of benzene rings is 2. The molecule has 0 fully saturated rings. The maximum atomic E-state index is 12.7. The third kappa shape index (κ3) is 4.67. The Morgan fingerprint density at radius 2 is 1.60 bits per heavy atom. The van der Waals surface area contributed by atoms with Gasteiger partial charge in [-0.3, -0.25) is 4.79 Å². The molecule has 1 unspecified atom stereocenters. The molecule has 0 saturated carbocycles. The van der Waals surface area contributed by atoms with Crippen LogP contribution in [0.2, 0.25) is 0 Å². The average molecular weight is 341 g/mol. The Balaban J connectivity index is 2.21. The highest BCUT2D eigenvalue weighted by atomic mass is 16.4. The van der Waals surface area contributed by atoms with Crippen LogP contribution < -0.4 is 0 Å². The smallest absolute Gasteiger partial charge is 0.335 e. The molecule has 2 N–H and O–H groups in total. The van der Waals surface area contributed by atoms with Crippen molar-refractivity contribution in [2.24, 2.45) is 0 Å². The normalized spacial score (nSPS) is 11.8. The molecule has 0 spiro atoms. The van der Waals surface area contributed by atoms with Crippen molar-refractivity contribution in [1.82, 2.24) is 4.90 Å². The Bertz CT molecular complexity index is 768. The van der Waals surface area contributed by atoms with Gasteiger partial charge in [-0.2, -0.15) is 0 Å². The molecule has 2 aromatic rings. The van der Waals surface area contributed by atoms with Gasteiger partial charge in [-0.15, -0.1) is 0 Å². The van der Waals surface area contributed by atoms with E-state index in [1.54, 1.807) is 13.0 Å². The van der Waals surface area contributed by atoms with Gasteiger partial charge in [0.05, 0.1) is 18.2 Å². The van der Waals surface area contributed by atoms with Crippen molar-refractivity contribution in [3.63, 3.8) is 0 Å². The van der Waals surface area contributed by atoms with Gasteiger partial charge in [-0.05, 0) is 50.1 Å². The third-order valence-corrected chi connectivity index (χ3v) is 4.10. The van der Waals surface area contributed by atoms with E-state index in [-0.39, 0.29) is 18.0 Å². The Kier molecular flexibility index (Phi) is 5.93. The molecular formula is C20H23NO4. The van der Waals surface area contributed by atoms with Crippen LogP contribution in [0.5, 0.6) is 0 Å². The predicted octanol–water partition coefficient (Wildman–Crippen LogP) is 3.20. The first-order valence-corrected chi connectivity index (χ1v) is 8.20. The van der Waals surface area contributed by atoms with Crippen LogP contribution in [0.25, 0.3) is 0 Å². The minimum absolute atomic E-state index is 0.0819. The van der Waals surface area contributed by atoms with Gasteiger partial charge in [0.1, 0.15) is 0 Å².